The number of ether oxygens (including phenoxy) is 1. The Kier molecular flexibility index (Phi) is 5.63. The first kappa shape index (κ1) is 19.8. The van der Waals surface area contributed by atoms with Crippen LogP contribution in [-0.4, -0.2) is 25.5 Å². The molecular weight excluding hydrogens is 409 g/mol. The number of nitrogens with one attached hydrogen (secondary N) is 2. The number of nitrogens with two attached hydrogens (primary N) is 1. The molecule has 0 fully saturated rings. The van der Waals surface area contributed by atoms with Crippen LogP contribution in [0.1, 0.15) is 0 Å². The number of benzene rings is 2. The van der Waals surface area contributed by atoms with Gasteiger partial charge in [-0.1, -0.05) is 11.6 Å². The van der Waals surface area contributed by atoms with E-state index in [1.807, 2.05) is 0 Å². The Balaban J connectivity index is 1.80. The van der Waals surface area contributed by atoms with Crippen molar-refractivity contribution in [2.75, 3.05) is 17.7 Å². The largest absolute Gasteiger partial charge is 0.495 e. The molecule has 146 valence electrons. The summed E-state index contributed by atoms with van der Waals surface area (Å²) in [5.74, 6) is -0.144. The third kappa shape index (κ3) is 4.66. The second-order valence-electron chi connectivity index (χ2n) is 5.56. The lowest BCUT2D eigenvalue weighted by atomic mass is 10.3. The number of sulfonamides is 1. The molecule has 8 nitrogen and oxygen atoms in total. The summed E-state index contributed by atoms with van der Waals surface area (Å²) in [6.45, 7) is 0. The third-order valence-corrected chi connectivity index (χ3v) is 4.82. The number of nitrogens with zero attached hydrogens (tertiary/aromatic N) is 2. The molecule has 0 bridgehead atoms. The summed E-state index contributed by atoms with van der Waals surface area (Å²) in [6, 6.07) is 10.5. The van der Waals surface area contributed by atoms with Crippen molar-refractivity contribution < 1.29 is 17.5 Å². The highest BCUT2D eigenvalue weighted by Gasteiger charge is 2.11. The Bertz CT molecular complexity index is 1110. The Hall–Kier alpha value is -2.95. The fraction of sp³-hybridized carbons (Fsp3) is 0.0588. The van der Waals surface area contributed by atoms with Gasteiger partial charge in [-0.3, -0.25) is 0 Å². The van der Waals surface area contributed by atoms with Crippen LogP contribution in [0.2, 0.25) is 5.02 Å². The van der Waals surface area contributed by atoms with Gasteiger partial charge in [0.05, 0.1) is 23.2 Å². The van der Waals surface area contributed by atoms with Crippen LogP contribution in [0.3, 0.4) is 0 Å². The minimum atomic E-state index is -3.79. The molecule has 0 unspecified atom stereocenters. The molecule has 28 heavy (non-hydrogen) atoms. The molecule has 2 aromatic carbocycles. The Morgan fingerprint density at radius 1 is 1.11 bits per heavy atom. The molecule has 0 saturated carbocycles. The van der Waals surface area contributed by atoms with Crippen molar-refractivity contribution in [3.8, 4) is 5.75 Å². The molecule has 1 aromatic heterocycles. The topological polar surface area (TPSA) is 119 Å². The molecule has 0 saturated heterocycles. The number of aromatic nitrogens is 2. The second kappa shape index (κ2) is 7.97. The first-order chi connectivity index (χ1) is 13.3. The van der Waals surface area contributed by atoms with Crippen LogP contribution < -0.4 is 20.5 Å². The van der Waals surface area contributed by atoms with E-state index in [4.69, 9.17) is 21.5 Å². The van der Waals surface area contributed by atoms with Gasteiger partial charge in [0.2, 0.25) is 16.0 Å². The average Bonchev–Trinajstić information content (AvgIpc) is 2.64. The van der Waals surface area contributed by atoms with Gasteiger partial charge in [-0.15, -0.1) is 0 Å². The molecule has 1 heterocycles. The van der Waals surface area contributed by atoms with Crippen LogP contribution in [0.25, 0.3) is 0 Å². The number of hydrogen-bond acceptors (Lipinski definition) is 7. The first-order valence-corrected chi connectivity index (χ1v) is 9.71. The van der Waals surface area contributed by atoms with E-state index < -0.39 is 15.8 Å². The van der Waals surface area contributed by atoms with Crippen molar-refractivity contribution in [1.29, 1.82) is 0 Å². The number of rotatable bonds is 6. The average molecular weight is 424 g/mol. The van der Waals surface area contributed by atoms with Crippen molar-refractivity contribution in [3.05, 3.63) is 59.5 Å². The number of anilines is 4. The van der Waals surface area contributed by atoms with Crippen LogP contribution in [0, 0.1) is 5.82 Å². The molecule has 0 radical (unpaired) electrons. The SMILES string of the molecule is COc1ccc(Nc2nc(Nc3ccc(S(N)(=O)=O)cc3)ncc2F)cc1Cl. The van der Waals surface area contributed by atoms with Crippen molar-refractivity contribution in [2.24, 2.45) is 5.14 Å². The molecule has 3 rings (SSSR count). The summed E-state index contributed by atoms with van der Waals surface area (Å²) in [6.07, 6.45) is 1.00. The summed E-state index contributed by atoms with van der Waals surface area (Å²) in [5.41, 5.74) is 1.00. The lowest BCUT2D eigenvalue weighted by molar-refractivity contribution is 0.415. The maximum absolute atomic E-state index is 14.1. The third-order valence-electron chi connectivity index (χ3n) is 3.60. The van der Waals surface area contributed by atoms with E-state index in [2.05, 4.69) is 20.6 Å². The highest BCUT2D eigenvalue weighted by atomic mass is 35.5. The highest BCUT2D eigenvalue weighted by molar-refractivity contribution is 7.89. The van der Waals surface area contributed by atoms with E-state index in [0.29, 0.717) is 22.1 Å². The minimum absolute atomic E-state index is 0.0307. The first-order valence-electron chi connectivity index (χ1n) is 7.79. The quantitative estimate of drug-likeness (QED) is 0.555. The highest BCUT2D eigenvalue weighted by Crippen LogP contribution is 2.29. The van der Waals surface area contributed by atoms with E-state index in [1.165, 1.54) is 31.4 Å². The van der Waals surface area contributed by atoms with Crippen molar-refractivity contribution in [1.82, 2.24) is 9.97 Å². The number of hydrogen-bond donors (Lipinski definition) is 3. The Morgan fingerprint density at radius 2 is 1.79 bits per heavy atom. The summed E-state index contributed by atoms with van der Waals surface area (Å²) in [7, 11) is -2.29. The van der Waals surface area contributed by atoms with Gasteiger partial charge >= 0.3 is 0 Å². The van der Waals surface area contributed by atoms with Crippen molar-refractivity contribution >= 4 is 44.8 Å². The maximum Gasteiger partial charge on any atom is 0.238 e. The monoisotopic (exact) mass is 423 g/mol. The fourth-order valence-corrected chi connectivity index (χ4v) is 3.03. The molecule has 0 aliphatic heterocycles. The van der Waals surface area contributed by atoms with Crippen LogP contribution in [0.5, 0.6) is 5.75 Å². The Labute approximate surface area is 165 Å². The number of methoxy groups -OCH3 is 1. The molecule has 11 heteroatoms. The standard InChI is InChI=1S/C17H15ClFN5O3S/c1-27-15-7-4-11(8-13(15)18)22-16-14(19)9-21-17(24-16)23-10-2-5-12(6-3-10)28(20,25)26/h2-9H,1H3,(H2,20,25,26)(H2,21,22,23,24). The van der Waals surface area contributed by atoms with Crippen LogP contribution in [-0.2, 0) is 10.0 Å². The molecule has 0 spiro atoms. The second-order valence-corrected chi connectivity index (χ2v) is 7.53. The van der Waals surface area contributed by atoms with E-state index in [1.54, 1.807) is 18.2 Å². The summed E-state index contributed by atoms with van der Waals surface area (Å²) >= 11 is 6.06. The maximum atomic E-state index is 14.1. The molecule has 3 aromatic rings. The normalized spacial score (nSPS) is 11.1. The van der Waals surface area contributed by atoms with Crippen molar-refractivity contribution in [2.45, 2.75) is 4.90 Å². The fourth-order valence-electron chi connectivity index (χ4n) is 2.25. The molecule has 4 N–H and O–H groups in total. The predicted octanol–water partition coefficient (Wildman–Crippen LogP) is 3.41. The molecule has 0 atom stereocenters. The van der Waals surface area contributed by atoms with E-state index in [9.17, 15) is 12.8 Å². The van der Waals surface area contributed by atoms with Crippen LogP contribution in [0.15, 0.2) is 53.6 Å². The van der Waals surface area contributed by atoms with Gasteiger partial charge in [0.1, 0.15) is 5.75 Å². The molecule has 0 amide bonds. The number of primary sulfonamides is 1. The molecule has 0 aliphatic carbocycles. The predicted molar refractivity (Wildman–Crippen MR) is 104 cm³/mol. The lowest BCUT2D eigenvalue weighted by Crippen LogP contribution is -2.11. The van der Waals surface area contributed by atoms with Gasteiger partial charge in [0, 0.05) is 11.4 Å². The van der Waals surface area contributed by atoms with E-state index in [0.717, 1.165) is 6.20 Å². The Morgan fingerprint density at radius 3 is 2.39 bits per heavy atom. The zero-order valence-corrected chi connectivity index (χ0v) is 16.1. The van der Waals surface area contributed by atoms with Gasteiger partial charge in [-0.25, -0.2) is 22.9 Å². The molecule has 0 aliphatic rings. The molecular formula is C17H15ClFN5O3S. The van der Waals surface area contributed by atoms with Crippen LogP contribution in [0.4, 0.5) is 27.5 Å². The van der Waals surface area contributed by atoms with E-state index in [-0.39, 0.29) is 16.7 Å². The lowest BCUT2D eigenvalue weighted by Gasteiger charge is -2.11. The van der Waals surface area contributed by atoms with Crippen LogP contribution >= 0.6 is 11.6 Å². The van der Waals surface area contributed by atoms with Crippen molar-refractivity contribution in [3.63, 3.8) is 0 Å². The number of halogens is 2. The van der Waals surface area contributed by atoms with Gasteiger partial charge < -0.3 is 15.4 Å². The smallest absolute Gasteiger partial charge is 0.238 e. The van der Waals surface area contributed by atoms with Gasteiger partial charge in [-0.2, -0.15) is 4.98 Å². The van der Waals surface area contributed by atoms with Gasteiger partial charge in [-0.05, 0) is 42.5 Å². The van der Waals surface area contributed by atoms with Gasteiger partial charge in [0.25, 0.3) is 0 Å². The minimum Gasteiger partial charge on any atom is -0.495 e. The zero-order chi connectivity index (χ0) is 20.3. The van der Waals surface area contributed by atoms with E-state index >= 15 is 0 Å². The summed E-state index contributed by atoms with van der Waals surface area (Å²) in [5, 5.41) is 11.1. The summed E-state index contributed by atoms with van der Waals surface area (Å²) < 4.78 is 41.7. The zero-order valence-electron chi connectivity index (χ0n) is 14.5. The summed E-state index contributed by atoms with van der Waals surface area (Å²) in [4.78, 5) is 7.92. The van der Waals surface area contributed by atoms with Gasteiger partial charge in [0.15, 0.2) is 11.6 Å².